The molecule has 8 N–H and O–H groups in total. The molecule has 3 amide bonds. The van der Waals surface area contributed by atoms with Gasteiger partial charge in [0.1, 0.15) is 18.1 Å². The molecule has 5 atom stereocenters. The number of hydrogen-bond donors (Lipinski definition) is 7. The smallest absolute Gasteiger partial charge is 0.326 e. The monoisotopic (exact) mass is 545 g/mol. The van der Waals surface area contributed by atoms with E-state index in [0.717, 1.165) is 10.9 Å². The first-order valence-corrected chi connectivity index (χ1v) is 13.0. The van der Waals surface area contributed by atoms with E-state index in [0.29, 0.717) is 12.0 Å². The minimum atomic E-state index is -1.39. The molecular formula is C27H39N5O7. The number of carboxylic acids is 2. The molecule has 39 heavy (non-hydrogen) atoms. The number of nitrogens with one attached hydrogen (secondary N) is 4. The first-order chi connectivity index (χ1) is 18.3. The molecule has 1 aromatic carbocycles. The van der Waals surface area contributed by atoms with Crippen LogP contribution in [0.3, 0.4) is 0 Å². The van der Waals surface area contributed by atoms with Crippen LogP contribution in [0.15, 0.2) is 30.5 Å². The molecule has 0 saturated carbocycles. The molecule has 0 fully saturated rings. The second kappa shape index (κ2) is 14.3. The van der Waals surface area contributed by atoms with Crippen LogP contribution in [0.4, 0.5) is 0 Å². The van der Waals surface area contributed by atoms with Crippen molar-refractivity contribution in [3.8, 4) is 0 Å². The first kappa shape index (κ1) is 31.3. The van der Waals surface area contributed by atoms with Crippen molar-refractivity contribution in [1.29, 1.82) is 0 Å². The van der Waals surface area contributed by atoms with E-state index in [1.807, 2.05) is 45.0 Å². The third-order valence-corrected chi connectivity index (χ3v) is 6.58. The van der Waals surface area contributed by atoms with Crippen LogP contribution in [0, 0.1) is 11.8 Å². The first-order valence-electron chi connectivity index (χ1n) is 13.0. The summed E-state index contributed by atoms with van der Waals surface area (Å²) in [6.07, 6.45) is 1.85. The van der Waals surface area contributed by atoms with Gasteiger partial charge in [0, 0.05) is 23.5 Å². The maximum atomic E-state index is 13.5. The molecule has 12 nitrogen and oxygen atoms in total. The van der Waals surface area contributed by atoms with E-state index < -0.39 is 60.2 Å². The Labute approximate surface area is 227 Å². The molecule has 2 aromatic rings. The molecule has 2 rings (SSSR count). The maximum absolute atomic E-state index is 13.5. The lowest BCUT2D eigenvalue weighted by atomic mass is 9.97. The standard InChI is InChI=1S/C27H39N5O7/c1-5-15(4)23(27(38)39)32-26(37)20(10-14(2)3)31-25(36)21(30-24(35)18(28)12-22(33)34)11-16-13-29-19-9-7-6-8-17(16)19/h6-9,13-15,18,20-21,23,29H,5,10-12,28H2,1-4H3,(H,30,35)(H,31,36)(H,32,37)(H,33,34)(H,38,39). The van der Waals surface area contributed by atoms with Crippen LogP contribution in [0.1, 0.15) is 52.5 Å². The summed E-state index contributed by atoms with van der Waals surface area (Å²) in [4.78, 5) is 65.2. The predicted molar refractivity (Wildman–Crippen MR) is 145 cm³/mol. The van der Waals surface area contributed by atoms with E-state index in [2.05, 4.69) is 20.9 Å². The lowest BCUT2D eigenvalue weighted by Crippen LogP contribution is -2.58. The third-order valence-electron chi connectivity index (χ3n) is 6.58. The van der Waals surface area contributed by atoms with E-state index >= 15 is 0 Å². The molecule has 5 unspecified atom stereocenters. The fourth-order valence-corrected chi connectivity index (χ4v) is 4.20. The molecule has 0 aliphatic heterocycles. The lowest BCUT2D eigenvalue weighted by molar-refractivity contribution is -0.144. The molecule has 0 spiro atoms. The number of carbonyl (C=O) groups is 5. The van der Waals surface area contributed by atoms with Crippen molar-refractivity contribution in [2.45, 2.75) is 77.5 Å². The average molecular weight is 546 g/mol. The largest absolute Gasteiger partial charge is 0.481 e. The number of para-hydroxylation sites is 1. The summed E-state index contributed by atoms with van der Waals surface area (Å²) < 4.78 is 0. The van der Waals surface area contributed by atoms with E-state index in [-0.39, 0.29) is 24.7 Å². The van der Waals surface area contributed by atoms with Gasteiger partial charge in [-0.25, -0.2) is 4.79 Å². The number of fused-ring (bicyclic) bond motifs is 1. The topological polar surface area (TPSA) is 204 Å². The second-order valence-corrected chi connectivity index (χ2v) is 10.2. The zero-order chi connectivity index (χ0) is 29.3. The van der Waals surface area contributed by atoms with Crippen molar-refractivity contribution in [1.82, 2.24) is 20.9 Å². The van der Waals surface area contributed by atoms with Gasteiger partial charge >= 0.3 is 11.9 Å². The fraction of sp³-hybridized carbons (Fsp3) is 0.519. The van der Waals surface area contributed by atoms with Crippen molar-refractivity contribution in [3.63, 3.8) is 0 Å². The molecule has 214 valence electrons. The zero-order valence-corrected chi connectivity index (χ0v) is 22.7. The summed E-state index contributed by atoms with van der Waals surface area (Å²) in [6.45, 7) is 7.23. The third kappa shape index (κ3) is 9.10. The Bertz CT molecular complexity index is 1180. The molecular weight excluding hydrogens is 506 g/mol. The number of carboxylic acid groups (broad SMARTS) is 2. The Kier molecular flexibility index (Phi) is 11.5. The number of aliphatic carboxylic acids is 2. The van der Waals surface area contributed by atoms with E-state index in [9.17, 15) is 29.1 Å². The van der Waals surface area contributed by atoms with Gasteiger partial charge in [0.2, 0.25) is 17.7 Å². The van der Waals surface area contributed by atoms with Gasteiger partial charge in [-0.3, -0.25) is 19.2 Å². The van der Waals surface area contributed by atoms with Crippen molar-refractivity contribution in [2.75, 3.05) is 0 Å². The summed E-state index contributed by atoms with van der Waals surface area (Å²) in [5.41, 5.74) is 7.26. The highest BCUT2D eigenvalue weighted by Crippen LogP contribution is 2.19. The minimum absolute atomic E-state index is 0.0291. The van der Waals surface area contributed by atoms with Crippen molar-refractivity contribution in [2.24, 2.45) is 17.6 Å². The van der Waals surface area contributed by atoms with Crippen LogP contribution in [0.5, 0.6) is 0 Å². The molecule has 1 aromatic heterocycles. The number of aromatic nitrogens is 1. The van der Waals surface area contributed by atoms with Crippen LogP contribution < -0.4 is 21.7 Å². The van der Waals surface area contributed by atoms with Gasteiger partial charge in [0.05, 0.1) is 12.5 Å². The van der Waals surface area contributed by atoms with Crippen LogP contribution >= 0.6 is 0 Å². The Balaban J connectivity index is 2.32. The summed E-state index contributed by atoms with van der Waals surface area (Å²) >= 11 is 0. The summed E-state index contributed by atoms with van der Waals surface area (Å²) in [7, 11) is 0. The number of benzene rings is 1. The Morgan fingerprint density at radius 3 is 2.13 bits per heavy atom. The van der Waals surface area contributed by atoms with Gasteiger partial charge in [-0.05, 0) is 29.9 Å². The Hall–Kier alpha value is -3.93. The van der Waals surface area contributed by atoms with Gasteiger partial charge in [0.15, 0.2) is 0 Å². The molecule has 0 aliphatic rings. The van der Waals surface area contributed by atoms with Gasteiger partial charge in [-0.2, -0.15) is 0 Å². The predicted octanol–water partition coefficient (Wildman–Crippen LogP) is 1.14. The quantitative estimate of drug-likeness (QED) is 0.172. The van der Waals surface area contributed by atoms with Gasteiger partial charge < -0.3 is 36.9 Å². The summed E-state index contributed by atoms with van der Waals surface area (Å²) in [6, 6.07) is 2.60. The number of amides is 3. The Morgan fingerprint density at radius 2 is 1.54 bits per heavy atom. The van der Waals surface area contributed by atoms with Crippen LogP contribution in [-0.4, -0.2) is 69.0 Å². The number of carbonyl (C=O) groups excluding carboxylic acids is 3. The molecule has 0 radical (unpaired) electrons. The SMILES string of the molecule is CCC(C)C(NC(=O)C(CC(C)C)NC(=O)C(Cc1c[nH]c2ccccc12)NC(=O)C(N)CC(=O)O)C(=O)O. The summed E-state index contributed by atoms with van der Waals surface area (Å²) in [5, 5.41) is 27.2. The van der Waals surface area contributed by atoms with Crippen molar-refractivity contribution >= 4 is 40.6 Å². The molecule has 0 saturated heterocycles. The number of rotatable bonds is 15. The van der Waals surface area contributed by atoms with E-state index in [1.54, 1.807) is 13.1 Å². The normalized spacial score (nSPS) is 15.1. The lowest BCUT2D eigenvalue weighted by Gasteiger charge is -2.27. The highest BCUT2D eigenvalue weighted by atomic mass is 16.4. The fourth-order valence-electron chi connectivity index (χ4n) is 4.20. The zero-order valence-electron chi connectivity index (χ0n) is 22.7. The molecule has 1 heterocycles. The number of aromatic amines is 1. The second-order valence-electron chi connectivity index (χ2n) is 10.2. The summed E-state index contributed by atoms with van der Waals surface area (Å²) in [5.74, 6) is -4.98. The molecule has 0 aliphatic carbocycles. The molecule has 12 heteroatoms. The Morgan fingerprint density at radius 1 is 0.923 bits per heavy atom. The van der Waals surface area contributed by atoms with Crippen molar-refractivity contribution in [3.05, 3.63) is 36.0 Å². The van der Waals surface area contributed by atoms with Crippen molar-refractivity contribution < 1.29 is 34.2 Å². The van der Waals surface area contributed by atoms with Crippen LogP contribution in [0.25, 0.3) is 10.9 Å². The van der Waals surface area contributed by atoms with Crippen LogP contribution in [0.2, 0.25) is 0 Å². The minimum Gasteiger partial charge on any atom is -0.481 e. The number of H-pyrrole nitrogens is 1. The van der Waals surface area contributed by atoms with Gasteiger partial charge in [-0.15, -0.1) is 0 Å². The number of hydrogen-bond acceptors (Lipinski definition) is 6. The van der Waals surface area contributed by atoms with E-state index in [1.165, 1.54) is 0 Å². The maximum Gasteiger partial charge on any atom is 0.326 e. The van der Waals surface area contributed by atoms with Gasteiger partial charge in [0.25, 0.3) is 0 Å². The van der Waals surface area contributed by atoms with Gasteiger partial charge in [-0.1, -0.05) is 52.3 Å². The van der Waals surface area contributed by atoms with Crippen LogP contribution in [-0.2, 0) is 30.4 Å². The number of nitrogens with two attached hydrogens (primary N) is 1. The average Bonchev–Trinajstić information content (AvgIpc) is 3.27. The highest BCUT2D eigenvalue weighted by Gasteiger charge is 2.33. The molecule has 0 bridgehead atoms. The van der Waals surface area contributed by atoms with E-state index in [4.69, 9.17) is 10.8 Å². The highest BCUT2D eigenvalue weighted by molar-refractivity contribution is 5.95.